The van der Waals surface area contributed by atoms with Gasteiger partial charge in [0.15, 0.2) is 0 Å². The molecule has 0 saturated carbocycles. The fourth-order valence-electron chi connectivity index (χ4n) is 2.56. The van der Waals surface area contributed by atoms with Gasteiger partial charge >= 0.3 is 0 Å². The molecule has 0 spiro atoms. The Morgan fingerprint density at radius 2 is 1.76 bits per heavy atom. The molecule has 0 aromatic rings. The van der Waals surface area contributed by atoms with Crippen molar-refractivity contribution in [3.8, 4) is 0 Å². The quantitative estimate of drug-likeness (QED) is 0.478. The van der Waals surface area contributed by atoms with E-state index in [0.29, 0.717) is 12.8 Å². The molecule has 6 atom stereocenters. The lowest BCUT2D eigenvalue weighted by molar-refractivity contribution is -0.0981. The van der Waals surface area contributed by atoms with Crippen LogP contribution in [0.3, 0.4) is 0 Å². The molecule has 4 N–H and O–H groups in total. The van der Waals surface area contributed by atoms with Crippen LogP contribution in [0.15, 0.2) is 0 Å². The van der Waals surface area contributed by atoms with Crippen LogP contribution in [0.2, 0.25) is 0 Å². The van der Waals surface area contributed by atoms with Crippen molar-refractivity contribution in [3.05, 3.63) is 0 Å². The summed E-state index contributed by atoms with van der Waals surface area (Å²) >= 11 is 0. The van der Waals surface area contributed by atoms with Crippen molar-refractivity contribution < 1.29 is 29.9 Å². The molecule has 2 fully saturated rings. The zero-order valence-corrected chi connectivity index (χ0v) is 9.60. The highest BCUT2D eigenvalue weighted by molar-refractivity contribution is 4.96. The van der Waals surface area contributed by atoms with Gasteiger partial charge < -0.3 is 29.9 Å². The molecule has 0 unspecified atom stereocenters. The lowest BCUT2D eigenvalue weighted by atomic mass is 10.0. The molecule has 6 heteroatoms. The first-order valence-electron chi connectivity index (χ1n) is 6.06. The lowest BCUT2D eigenvalue weighted by Gasteiger charge is -2.21. The summed E-state index contributed by atoms with van der Waals surface area (Å²) in [5.41, 5.74) is 0. The molecule has 0 amide bonds. The van der Waals surface area contributed by atoms with E-state index in [9.17, 15) is 10.2 Å². The molecule has 2 saturated heterocycles. The van der Waals surface area contributed by atoms with Crippen LogP contribution in [0.5, 0.6) is 0 Å². The van der Waals surface area contributed by atoms with Crippen molar-refractivity contribution in [1.29, 1.82) is 0 Å². The van der Waals surface area contributed by atoms with Crippen LogP contribution >= 0.6 is 0 Å². The summed E-state index contributed by atoms with van der Waals surface area (Å²) in [7, 11) is 0. The minimum Gasteiger partial charge on any atom is -0.396 e. The second-order valence-corrected chi connectivity index (χ2v) is 4.69. The Balaban J connectivity index is 1.93. The first kappa shape index (κ1) is 13.2. The average molecular weight is 248 g/mol. The number of aliphatic hydroxyl groups is 4. The predicted molar refractivity (Wildman–Crippen MR) is 57.4 cm³/mol. The normalized spacial score (nSPS) is 46.6. The van der Waals surface area contributed by atoms with Gasteiger partial charge in [-0.25, -0.2) is 0 Å². The maximum atomic E-state index is 9.87. The predicted octanol–water partition coefficient (Wildman–Crippen LogP) is -1.60. The fraction of sp³-hybridized carbons (Fsp3) is 1.00. The van der Waals surface area contributed by atoms with Crippen LogP contribution in [-0.2, 0) is 9.47 Å². The van der Waals surface area contributed by atoms with E-state index in [0.717, 1.165) is 6.42 Å². The van der Waals surface area contributed by atoms with Gasteiger partial charge in [0.2, 0.25) is 0 Å². The Hall–Kier alpha value is -0.240. The van der Waals surface area contributed by atoms with E-state index < -0.39 is 24.4 Å². The smallest absolute Gasteiger partial charge is 0.113 e. The highest BCUT2D eigenvalue weighted by Crippen LogP contribution is 2.32. The molecule has 2 aliphatic heterocycles. The van der Waals surface area contributed by atoms with E-state index in [2.05, 4.69) is 0 Å². The third kappa shape index (κ3) is 2.62. The van der Waals surface area contributed by atoms with Gasteiger partial charge in [0.25, 0.3) is 0 Å². The Labute approximate surface area is 99.8 Å². The lowest BCUT2D eigenvalue weighted by Crippen LogP contribution is -2.39. The zero-order chi connectivity index (χ0) is 12.4. The molecular formula is C11H20O6. The van der Waals surface area contributed by atoms with Crippen molar-refractivity contribution in [1.82, 2.24) is 0 Å². The van der Waals surface area contributed by atoms with Gasteiger partial charge in [0.05, 0.1) is 24.9 Å². The van der Waals surface area contributed by atoms with Gasteiger partial charge in [-0.1, -0.05) is 0 Å². The second-order valence-electron chi connectivity index (χ2n) is 4.69. The Morgan fingerprint density at radius 3 is 2.35 bits per heavy atom. The second kappa shape index (κ2) is 5.60. The molecule has 0 radical (unpaired) electrons. The van der Waals surface area contributed by atoms with Crippen LogP contribution in [-0.4, -0.2) is 70.3 Å². The molecule has 6 nitrogen and oxygen atoms in total. The highest BCUT2D eigenvalue weighted by Gasteiger charge is 2.47. The molecular weight excluding hydrogens is 228 g/mol. The zero-order valence-electron chi connectivity index (χ0n) is 9.60. The molecule has 17 heavy (non-hydrogen) atoms. The first-order chi connectivity index (χ1) is 8.17. The van der Waals surface area contributed by atoms with Gasteiger partial charge in [-0.2, -0.15) is 0 Å². The van der Waals surface area contributed by atoms with Crippen molar-refractivity contribution in [2.75, 3.05) is 13.2 Å². The van der Waals surface area contributed by atoms with Gasteiger partial charge in [-0.15, -0.1) is 0 Å². The van der Waals surface area contributed by atoms with Crippen molar-refractivity contribution in [2.45, 2.75) is 55.9 Å². The van der Waals surface area contributed by atoms with Crippen LogP contribution in [0.1, 0.15) is 19.3 Å². The van der Waals surface area contributed by atoms with E-state index in [-0.39, 0.29) is 25.4 Å². The van der Waals surface area contributed by atoms with Crippen molar-refractivity contribution in [3.63, 3.8) is 0 Å². The van der Waals surface area contributed by atoms with Crippen LogP contribution in [0.4, 0.5) is 0 Å². The molecule has 2 aliphatic rings. The van der Waals surface area contributed by atoms with Crippen LogP contribution < -0.4 is 0 Å². The number of hydrogen-bond donors (Lipinski definition) is 4. The van der Waals surface area contributed by atoms with Crippen LogP contribution in [0, 0.1) is 0 Å². The maximum absolute atomic E-state index is 9.87. The summed E-state index contributed by atoms with van der Waals surface area (Å²) < 4.78 is 11.1. The molecule has 0 aromatic heterocycles. The molecule has 0 aliphatic carbocycles. The fourth-order valence-corrected chi connectivity index (χ4v) is 2.56. The standard InChI is InChI=1S/C11H20O6/c12-4-3-7-9(14)10(15)11(17-7)8-2-1-6(5-13)16-8/h6-15H,1-5H2/t6-,7+,8+,9-,10+,11+/m0/s1. The average Bonchev–Trinajstić information content (AvgIpc) is 2.89. The minimum absolute atomic E-state index is 0.0397. The molecule has 0 aromatic carbocycles. The topological polar surface area (TPSA) is 99.4 Å². The monoisotopic (exact) mass is 248 g/mol. The Kier molecular flexibility index (Phi) is 4.35. The third-order valence-corrected chi connectivity index (χ3v) is 3.52. The summed E-state index contributed by atoms with van der Waals surface area (Å²) in [4.78, 5) is 0. The SMILES string of the molecule is OCC[C@H]1O[C@H]([C@H]2CC[C@@H](CO)O2)[C@H](O)[C@H]1O. The summed E-state index contributed by atoms with van der Waals surface area (Å²) in [5.74, 6) is 0. The molecule has 2 rings (SSSR count). The number of aliphatic hydroxyl groups excluding tert-OH is 4. The number of hydrogen-bond acceptors (Lipinski definition) is 6. The summed E-state index contributed by atoms with van der Waals surface area (Å²) in [5, 5.41) is 37.4. The summed E-state index contributed by atoms with van der Waals surface area (Å²) in [6, 6.07) is 0. The maximum Gasteiger partial charge on any atom is 0.113 e. The van der Waals surface area contributed by atoms with E-state index in [1.165, 1.54) is 0 Å². The number of ether oxygens (including phenoxy) is 2. The van der Waals surface area contributed by atoms with E-state index in [4.69, 9.17) is 19.7 Å². The summed E-state index contributed by atoms with van der Waals surface area (Å²) in [6.07, 6.45) is -1.86. The van der Waals surface area contributed by atoms with E-state index in [1.807, 2.05) is 0 Å². The van der Waals surface area contributed by atoms with Crippen LogP contribution in [0.25, 0.3) is 0 Å². The largest absolute Gasteiger partial charge is 0.396 e. The van der Waals surface area contributed by atoms with Gasteiger partial charge in [0, 0.05) is 6.61 Å². The minimum atomic E-state index is -0.992. The van der Waals surface area contributed by atoms with Crippen molar-refractivity contribution >= 4 is 0 Å². The summed E-state index contributed by atoms with van der Waals surface area (Å²) in [6.45, 7) is -0.131. The highest BCUT2D eigenvalue weighted by atomic mass is 16.6. The Bertz CT molecular complexity index is 248. The van der Waals surface area contributed by atoms with Gasteiger partial charge in [-0.3, -0.25) is 0 Å². The van der Waals surface area contributed by atoms with Gasteiger partial charge in [-0.05, 0) is 19.3 Å². The Morgan fingerprint density at radius 1 is 1.00 bits per heavy atom. The molecule has 2 heterocycles. The molecule has 100 valence electrons. The van der Waals surface area contributed by atoms with Crippen molar-refractivity contribution in [2.24, 2.45) is 0 Å². The van der Waals surface area contributed by atoms with E-state index in [1.54, 1.807) is 0 Å². The van der Waals surface area contributed by atoms with Gasteiger partial charge in [0.1, 0.15) is 18.3 Å². The third-order valence-electron chi connectivity index (χ3n) is 3.52. The van der Waals surface area contributed by atoms with E-state index >= 15 is 0 Å². The first-order valence-corrected chi connectivity index (χ1v) is 6.06. The number of rotatable bonds is 4. The molecule has 0 bridgehead atoms.